The highest BCUT2D eigenvalue weighted by atomic mass is 32.1. The van der Waals surface area contributed by atoms with Gasteiger partial charge in [-0.1, -0.05) is 0 Å². The van der Waals surface area contributed by atoms with Crippen LogP contribution in [0, 0.1) is 0 Å². The van der Waals surface area contributed by atoms with Gasteiger partial charge < -0.3 is 20.3 Å². The van der Waals surface area contributed by atoms with Gasteiger partial charge >= 0.3 is 5.97 Å². The molecule has 1 aliphatic carbocycles. The fourth-order valence-electron chi connectivity index (χ4n) is 3.28. The van der Waals surface area contributed by atoms with Crippen LogP contribution in [0.25, 0.3) is 0 Å². The number of nitrogens with two attached hydrogens (primary N) is 1. The highest BCUT2D eigenvalue weighted by molar-refractivity contribution is 7.08. The first-order valence-corrected chi connectivity index (χ1v) is 8.30. The molecule has 0 unspecified atom stereocenters. The van der Waals surface area contributed by atoms with Gasteiger partial charge in [-0.05, 0) is 47.0 Å². The maximum absolute atomic E-state index is 11.5. The number of benzene rings is 1. The summed E-state index contributed by atoms with van der Waals surface area (Å²) in [6.07, 6.45) is 1.65. The Morgan fingerprint density at radius 2 is 1.91 bits per heavy atom. The van der Waals surface area contributed by atoms with Crippen molar-refractivity contribution in [1.29, 1.82) is 0 Å². The second-order valence-electron chi connectivity index (χ2n) is 5.63. The normalized spacial score (nSPS) is 20.0. The first-order valence-electron chi connectivity index (χ1n) is 7.36. The zero-order chi connectivity index (χ0) is 16.6. The van der Waals surface area contributed by atoms with Crippen molar-refractivity contribution >= 4 is 17.3 Å². The fourth-order valence-corrected chi connectivity index (χ4v) is 4.14. The van der Waals surface area contributed by atoms with E-state index in [1.165, 1.54) is 11.3 Å². The second kappa shape index (κ2) is 6.22. The van der Waals surface area contributed by atoms with Crippen molar-refractivity contribution in [1.82, 2.24) is 0 Å². The maximum atomic E-state index is 11.5. The van der Waals surface area contributed by atoms with Gasteiger partial charge in [0.05, 0.1) is 19.8 Å². The molecule has 5 nitrogen and oxygen atoms in total. The zero-order valence-corrected chi connectivity index (χ0v) is 13.9. The number of rotatable bonds is 4. The molecule has 122 valence electrons. The third kappa shape index (κ3) is 2.68. The predicted molar refractivity (Wildman–Crippen MR) is 89.0 cm³/mol. The van der Waals surface area contributed by atoms with Crippen molar-refractivity contribution in [3.8, 4) is 11.5 Å². The molecule has 3 rings (SSSR count). The molecule has 0 bridgehead atoms. The van der Waals surface area contributed by atoms with E-state index < -0.39 is 5.97 Å². The molecule has 0 spiro atoms. The molecule has 0 aliphatic heterocycles. The number of ether oxygens (including phenoxy) is 2. The molecule has 6 heteroatoms. The molecule has 2 aromatic rings. The van der Waals surface area contributed by atoms with E-state index in [4.69, 9.17) is 15.2 Å². The molecule has 1 aromatic carbocycles. The van der Waals surface area contributed by atoms with Gasteiger partial charge in [-0.15, -0.1) is 0 Å². The van der Waals surface area contributed by atoms with E-state index in [0.717, 1.165) is 29.5 Å². The second-order valence-corrected chi connectivity index (χ2v) is 6.38. The van der Waals surface area contributed by atoms with E-state index in [-0.39, 0.29) is 12.0 Å². The molecule has 1 aromatic heterocycles. The topological polar surface area (TPSA) is 81.8 Å². The van der Waals surface area contributed by atoms with E-state index in [0.29, 0.717) is 17.1 Å². The number of thiophene rings is 1. The molecule has 2 atom stereocenters. The smallest absolute Gasteiger partial charge is 0.336 e. The van der Waals surface area contributed by atoms with Gasteiger partial charge in [0, 0.05) is 17.3 Å². The third-order valence-electron chi connectivity index (χ3n) is 4.41. The lowest BCUT2D eigenvalue weighted by molar-refractivity contribution is 0.0696. The van der Waals surface area contributed by atoms with Crippen LogP contribution in [0.5, 0.6) is 11.5 Å². The highest BCUT2D eigenvalue weighted by Crippen LogP contribution is 2.43. The van der Waals surface area contributed by atoms with Crippen LogP contribution in [-0.2, 0) is 6.42 Å². The Bertz CT molecular complexity index is 740. The van der Waals surface area contributed by atoms with Gasteiger partial charge in [-0.25, -0.2) is 4.79 Å². The Morgan fingerprint density at radius 3 is 2.57 bits per heavy atom. The van der Waals surface area contributed by atoms with Crippen LogP contribution < -0.4 is 15.2 Å². The van der Waals surface area contributed by atoms with Crippen molar-refractivity contribution in [2.24, 2.45) is 5.73 Å². The fraction of sp³-hybridized carbons (Fsp3) is 0.353. The summed E-state index contributed by atoms with van der Waals surface area (Å²) in [5.41, 5.74) is 9.63. The molecule has 0 fully saturated rings. The van der Waals surface area contributed by atoms with E-state index in [2.05, 4.69) is 0 Å². The van der Waals surface area contributed by atoms with Gasteiger partial charge in [-0.3, -0.25) is 0 Å². The van der Waals surface area contributed by atoms with Crippen molar-refractivity contribution in [2.45, 2.75) is 24.8 Å². The van der Waals surface area contributed by atoms with Gasteiger partial charge in [0.2, 0.25) is 0 Å². The summed E-state index contributed by atoms with van der Waals surface area (Å²) >= 11 is 1.39. The van der Waals surface area contributed by atoms with E-state index in [9.17, 15) is 9.90 Å². The van der Waals surface area contributed by atoms with Crippen molar-refractivity contribution in [3.05, 3.63) is 45.1 Å². The van der Waals surface area contributed by atoms with Crippen LogP contribution in [-0.4, -0.2) is 31.3 Å². The molecular formula is C17H19NO4S. The van der Waals surface area contributed by atoms with Crippen LogP contribution >= 0.6 is 11.3 Å². The van der Waals surface area contributed by atoms with Gasteiger partial charge in [-0.2, -0.15) is 11.3 Å². The minimum atomic E-state index is -0.916. The number of fused-ring (bicyclic) bond motifs is 1. The Hall–Kier alpha value is -2.05. The third-order valence-corrected chi connectivity index (χ3v) is 5.17. The average Bonchev–Trinajstić information content (AvgIpc) is 3.02. The van der Waals surface area contributed by atoms with Crippen molar-refractivity contribution in [2.75, 3.05) is 14.2 Å². The number of carbonyl (C=O) groups is 1. The number of aromatic carboxylic acids is 1. The average molecular weight is 333 g/mol. The lowest BCUT2D eigenvalue weighted by Crippen LogP contribution is -2.34. The lowest BCUT2D eigenvalue weighted by atomic mass is 9.75. The number of carboxylic acid groups (broad SMARTS) is 1. The molecule has 1 aliphatic rings. The molecule has 3 N–H and O–H groups in total. The van der Waals surface area contributed by atoms with Crippen LogP contribution in [0.1, 0.15) is 39.4 Å². The minimum absolute atomic E-state index is 0.117. The maximum Gasteiger partial charge on any atom is 0.336 e. The Balaban J connectivity index is 2.16. The van der Waals surface area contributed by atoms with Crippen molar-refractivity contribution in [3.63, 3.8) is 0 Å². The molecule has 0 saturated heterocycles. The summed E-state index contributed by atoms with van der Waals surface area (Å²) in [4.78, 5) is 11.5. The Kier molecular flexibility index (Phi) is 4.28. The largest absolute Gasteiger partial charge is 0.493 e. The van der Waals surface area contributed by atoms with E-state index in [1.54, 1.807) is 19.6 Å². The summed E-state index contributed by atoms with van der Waals surface area (Å²) in [6, 6.07) is 3.79. The monoisotopic (exact) mass is 333 g/mol. The standard InChI is InChI=1S/C17H19NO4S/c1-21-14-5-9-3-4-13(18)16(10(9)6-15(14)22-2)11-7-23-8-12(11)17(19)20/h5-8,13,16H,3-4,18H2,1-2H3,(H,19,20)/t13-,16+/m1/s1. The van der Waals surface area contributed by atoms with Crippen LogP contribution in [0.2, 0.25) is 0 Å². The Morgan fingerprint density at radius 1 is 1.22 bits per heavy atom. The molecule has 1 heterocycles. The predicted octanol–water partition coefficient (Wildman–Crippen LogP) is 2.87. The van der Waals surface area contributed by atoms with Gasteiger partial charge in [0.1, 0.15) is 0 Å². The summed E-state index contributed by atoms with van der Waals surface area (Å²) in [5, 5.41) is 13.0. The summed E-state index contributed by atoms with van der Waals surface area (Å²) in [7, 11) is 3.20. The summed E-state index contributed by atoms with van der Waals surface area (Å²) in [5.74, 6) is 0.263. The van der Waals surface area contributed by atoms with Crippen molar-refractivity contribution < 1.29 is 19.4 Å². The number of carboxylic acids is 1. The highest BCUT2D eigenvalue weighted by Gasteiger charge is 2.33. The number of aryl methyl sites for hydroxylation is 1. The Labute approximate surface area is 138 Å². The van der Waals surface area contributed by atoms with Crippen LogP contribution in [0.15, 0.2) is 22.9 Å². The lowest BCUT2D eigenvalue weighted by Gasteiger charge is -2.32. The minimum Gasteiger partial charge on any atom is -0.493 e. The summed E-state index contributed by atoms with van der Waals surface area (Å²) < 4.78 is 10.8. The van der Waals surface area contributed by atoms with E-state index in [1.807, 2.05) is 17.5 Å². The number of methoxy groups -OCH3 is 2. The number of hydrogen-bond donors (Lipinski definition) is 2. The first kappa shape index (κ1) is 15.8. The first-order chi connectivity index (χ1) is 11.1. The number of hydrogen-bond acceptors (Lipinski definition) is 5. The van der Waals surface area contributed by atoms with E-state index >= 15 is 0 Å². The van der Waals surface area contributed by atoms with Crippen LogP contribution in [0.3, 0.4) is 0 Å². The summed E-state index contributed by atoms with van der Waals surface area (Å²) in [6.45, 7) is 0. The molecule has 0 amide bonds. The van der Waals surface area contributed by atoms with Crippen LogP contribution in [0.4, 0.5) is 0 Å². The van der Waals surface area contributed by atoms with Gasteiger partial charge in [0.15, 0.2) is 11.5 Å². The van der Waals surface area contributed by atoms with Gasteiger partial charge in [0.25, 0.3) is 0 Å². The SMILES string of the molecule is COc1cc2c(cc1OC)[C@@H](c1cscc1C(=O)O)[C@H](N)CC2. The molecule has 0 saturated carbocycles. The molecular weight excluding hydrogens is 314 g/mol. The molecule has 23 heavy (non-hydrogen) atoms. The quantitative estimate of drug-likeness (QED) is 0.899. The molecule has 0 radical (unpaired) electrons. The zero-order valence-electron chi connectivity index (χ0n) is 13.0.